The second kappa shape index (κ2) is 7.26. The summed E-state index contributed by atoms with van der Waals surface area (Å²) in [6.45, 7) is 6.05. The number of hydrogen-bond acceptors (Lipinski definition) is 4. The maximum Gasteiger partial charge on any atom is 0.0995 e. The molecule has 2 heterocycles. The van der Waals surface area contributed by atoms with Crippen LogP contribution < -0.4 is 0 Å². The van der Waals surface area contributed by atoms with Gasteiger partial charge in [-0.05, 0) is 23.8 Å². The van der Waals surface area contributed by atoms with E-state index in [1.54, 1.807) is 11.3 Å². The molecule has 0 aliphatic carbocycles. The standard InChI is InChI=1S/C17H18ClN3S/c18-17-6-5-16(22-17)13-21-9-7-20(8-10-21)12-15-4-2-1-3-14(15)11-19/h1-6H,7-10,12-13H2. The highest BCUT2D eigenvalue weighted by molar-refractivity contribution is 7.16. The van der Waals surface area contributed by atoms with Gasteiger partial charge in [-0.15, -0.1) is 11.3 Å². The van der Waals surface area contributed by atoms with Crippen LogP contribution in [0.3, 0.4) is 0 Å². The largest absolute Gasteiger partial charge is 0.296 e. The summed E-state index contributed by atoms with van der Waals surface area (Å²) in [7, 11) is 0. The molecule has 0 N–H and O–H groups in total. The molecule has 0 spiro atoms. The van der Waals surface area contributed by atoms with E-state index < -0.39 is 0 Å². The molecular formula is C17H18ClN3S. The van der Waals surface area contributed by atoms with Gasteiger partial charge < -0.3 is 0 Å². The first-order chi connectivity index (χ1) is 10.7. The lowest BCUT2D eigenvalue weighted by Crippen LogP contribution is -2.45. The first-order valence-corrected chi connectivity index (χ1v) is 8.61. The van der Waals surface area contributed by atoms with Crippen molar-refractivity contribution < 1.29 is 0 Å². The van der Waals surface area contributed by atoms with Crippen LogP contribution in [-0.4, -0.2) is 36.0 Å². The topological polar surface area (TPSA) is 30.3 Å². The summed E-state index contributed by atoms with van der Waals surface area (Å²) in [4.78, 5) is 6.22. The van der Waals surface area contributed by atoms with Gasteiger partial charge in [0.1, 0.15) is 0 Å². The minimum atomic E-state index is 0.790. The zero-order valence-electron chi connectivity index (χ0n) is 12.3. The van der Waals surface area contributed by atoms with Gasteiger partial charge in [-0.2, -0.15) is 5.26 Å². The van der Waals surface area contributed by atoms with Crippen LogP contribution in [-0.2, 0) is 13.1 Å². The highest BCUT2D eigenvalue weighted by Crippen LogP contribution is 2.23. The van der Waals surface area contributed by atoms with E-state index in [1.165, 1.54) is 4.88 Å². The Morgan fingerprint density at radius 1 is 1.00 bits per heavy atom. The first-order valence-electron chi connectivity index (χ1n) is 7.41. The van der Waals surface area contributed by atoms with Crippen LogP contribution in [0, 0.1) is 11.3 Å². The summed E-state index contributed by atoms with van der Waals surface area (Å²) in [6.07, 6.45) is 0. The van der Waals surface area contributed by atoms with E-state index in [0.29, 0.717) is 0 Å². The Morgan fingerprint density at radius 3 is 2.32 bits per heavy atom. The number of nitrogens with zero attached hydrogens (tertiary/aromatic N) is 3. The molecule has 0 bridgehead atoms. The number of piperazine rings is 1. The molecule has 3 nitrogen and oxygen atoms in total. The zero-order chi connectivity index (χ0) is 15.4. The highest BCUT2D eigenvalue weighted by atomic mass is 35.5. The lowest BCUT2D eigenvalue weighted by Gasteiger charge is -2.34. The fraction of sp³-hybridized carbons (Fsp3) is 0.353. The first kappa shape index (κ1) is 15.5. The van der Waals surface area contributed by atoms with Gasteiger partial charge in [-0.25, -0.2) is 0 Å². The minimum absolute atomic E-state index is 0.790. The van der Waals surface area contributed by atoms with Crippen LogP contribution in [0.5, 0.6) is 0 Å². The van der Waals surface area contributed by atoms with Crippen molar-refractivity contribution in [2.75, 3.05) is 26.2 Å². The second-order valence-corrected chi connectivity index (χ2v) is 7.33. The Labute approximate surface area is 140 Å². The van der Waals surface area contributed by atoms with Crippen LogP contribution in [0.2, 0.25) is 4.34 Å². The van der Waals surface area contributed by atoms with Crippen LogP contribution in [0.15, 0.2) is 36.4 Å². The summed E-state index contributed by atoms with van der Waals surface area (Å²) in [5.74, 6) is 0. The fourth-order valence-electron chi connectivity index (χ4n) is 2.77. The second-order valence-electron chi connectivity index (χ2n) is 5.53. The van der Waals surface area contributed by atoms with E-state index in [4.69, 9.17) is 16.9 Å². The van der Waals surface area contributed by atoms with Crippen molar-refractivity contribution in [1.82, 2.24) is 9.80 Å². The third kappa shape index (κ3) is 3.88. The third-order valence-electron chi connectivity index (χ3n) is 4.00. The lowest BCUT2D eigenvalue weighted by atomic mass is 10.1. The van der Waals surface area contributed by atoms with Crippen molar-refractivity contribution in [3.63, 3.8) is 0 Å². The molecule has 3 rings (SSSR count). The van der Waals surface area contributed by atoms with Crippen molar-refractivity contribution in [2.24, 2.45) is 0 Å². The SMILES string of the molecule is N#Cc1ccccc1CN1CCN(Cc2ccc(Cl)s2)CC1. The molecule has 1 aromatic carbocycles. The number of benzene rings is 1. The summed E-state index contributed by atoms with van der Waals surface area (Å²) >= 11 is 7.65. The third-order valence-corrected chi connectivity index (χ3v) is 5.22. The molecule has 1 fully saturated rings. The van der Waals surface area contributed by atoms with Crippen molar-refractivity contribution in [1.29, 1.82) is 5.26 Å². The number of nitriles is 1. The van der Waals surface area contributed by atoms with Crippen LogP contribution >= 0.6 is 22.9 Å². The Hall–Kier alpha value is -1.38. The van der Waals surface area contributed by atoms with Gasteiger partial charge >= 0.3 is 0 Å². The molecule has 1 aliphatic heterocycles. The number of hydrogen-bond donors (Lipinski definition) is 0. The van der Waals surface area contributed by atoms with E-state index >= 15 is 0 Å². The van der Waals surface area contributed by atoms with Crippen LogP contribution in [0.25, 0.3) is 0 Å². The van der Waals surface area contributed by atoms with E-state index in [1.807, 2.05) is 24.3 Å². The molecule has 2 aromatic rings. The zero-order valence-corrected chi connectivity index (χ0v) is 13.9. The maximum absolute atomic E-state index is 9.17. The van der Waals surface area contributed by atoms with E-state index in [2.05, 4.69) is 28.0 Å². The number of thiophene rings is 1. The molecule has 1 saturated heterocycles. The Kier molecular flexibility index (Phi) is 5.12. The van der Waals surface area contributed by atoms with Crippen molar-refractivity contribution >= 4 is 22.9 Å². The molecule has 0 atom stereocenters. The fourth-order valence-corrected chi connectivity index (χ4v) is 3.90. The molecule has 114 valence electrons. The van der Waals surface area contributed by atoms with E-state index in [-0.39, 0.29) is 0 Å². The molecule has 0 radical (unpaired) electrons. The van der Waals surface area contributed by atoms with Crippen LogP contribution in [0.4, 0.5) is 0 Å². The summed E-state index contributed by atoms with van der Waals surface area (Å²) in [6, 6.07) is 14.2. The maximum atomic E-state index is 9.17. The number of rotatable bonds is 4. The summed E-state index contributed by atoms with van der Waals surface area (Å²) in [5.41, 5.74) is 1.92. The van der Waals surface area contributed by atoms with E-state index in [9.17, 15) is 0 Å². The van der Waals surface area contributed by atoms with Crippen molar-refractivity contribution in [3.8, 4) is 6.07 Å². The Morgan fingerprint density at radius 2 is 1.68 bits per heavy atom. The molecule has 0 amide bonds. The van der Waals surface area contributed by atoms with Gasteiger partial charge in [0.15, 0.2) is 0 Å². The van der Waals surface area contributed by atoms with Gasteiger partial charge in [0.2, 0.25) is 0 Å². The van der Waals surface area contributed by atoms with Crippen molar-refractivity contribution in [3.05, 3.63) is 56.7 Å². The lowest BCUT2D eigenvalue weighted by molar-refractivity contribution is 0.123. The smallest absolute Gasteiger partial charge is 0.0995 e. The molecule has 22 heavy (non-hydrogen) atoms. The van der Waals surface area contributed by atoms with Crippen molar-refractivity contribution in [2.45, 2.75) is 13.1 Å². The quantitative estimate of drug-likeness (QED) is 0.857. The molecule has 0 saturated carbocycles. The normalized spacial score (nSPS) is 16.5. The van der Waals surface area contributed by atoms with Gasteiger partial charge in [-0.3, -0.25) is 9.80 Å². The van der Waals surface area contributed by atoms with Gasteiger partial charge in [-0.1, -0.05) is 29.8 Å². The predicted molar refractivity (Wildman–Crippen MR) is 91.0 cm³/mol. The molecule has 1 aliphatic rings. The summed E-state index contributed by atoms with van der Waals surface area (Å²) < 4.78 is 0.863. The minimum Gasteiger partial charge on any atom is -0.296 e. The average Bonchev–Trinajstić information content (AvgIpc) is 2.95. The molecule has 1 aromatic heterocycles. The van der Waals surface area contributed by atoms with E-state index in [0.717, 1.165) is 54.7 Å². The molecular weight excluding hydrogens is 314 g/mol. The summed E-state index contributed by atoms with van der Waals surface area (Å²) in [5, 5.41) is 9.17. The predicted octanol–water partition coefficient (Wildman–Crippen LogP) is 3.59. The van der Waals surface area contributed by atoms with Gasteiger partial charge in [0, 0.05) is 44.1 Å². The van der Waals surface area contributed by atoms with Crippen LogP contribution in [0.1, 0.15) is 16.0 Å². The Balaban J connectivity index is 1.52. The highest BCUT2D eigenvalue weighted by Gasteiger charge is 2.18. The molecule has 0 unspecified atom stereocenters. The van der Waals surface area contributed by atoms with Gasteiger partial charge in [0.25, 0.3) is 0 Å². The number of halogens is 1. The Bertz CT molecular complexity index is 669. The monoisotopic (exact) mass is 331 g/mol. The van der Waals surface area contributed by atoms with Gasteiger partial charge in [0.05, 0.1) is 16.0 Å². The molecule has 5 heteroatoms. The average molecular weight is 332 g/mol.